The van der Waals surface area contributed by atoms with E-state index in [0.29, 0.717) is 6.42 Å². The molecule has 1 fully saturated rings. The molecular weight excluding hydrogens is 212 g/mol. The third-order valence-corrected chi connectivity index (χ3v) is 4.04. The summed E-state index contributed by atoms with van der Waals surface area (Å²) in [6.45, 7) is 0.814. The van der Waals surface area contributed by atoms with Crippen molar-refractivity contribution in [2.24, 2.45) is 5.73 Å². The summed E-state index contributed by atoms with van der Waals surface area (Å²) in [5, 5.41) is 0. The van der Waals surface area contributed by atoms with Gasteiger partial charge >= 0.3 is 0 Å². The van der Waals surface area contributed by atoms with E-state index in [9.17, 15) is 4.79 Å². The molecule has 17 heavy (non-hydrogen) atoms. The fourth-order valence-electron chi connectivity index (χ4n) is 2.80. The van der Waals surface area contributed by atoms with Crippen LogP contribution in [0.25, 0.3) is 0 Å². The molecule has 2 aliphatic rings. The summed E-state index contributed by atoms with van der Waals surface area (Å²) in [4.78, 5) is 14.2. The largest absolute Gasteiger partial charge is 0.325 e. The summed E-state index contributed by atoms with van der Waals surface area (Å²) in [6, 6.07) is 8.16. The van der Waals surface area contributed by atoms with Gasteiger partial charge in [0.2, 0.25) is 5.91 Å². The number of hydrogen-bond acceptors (Lipinski definition) is 2. The average Bonchev–Trinajstić information content (AvgIpc) is 2.70. The molecule has 1 aromatic carbocycles. The van der Waals surface area contributed by atoms with Gasteiger partial charge in [0, 0.05) is 24.2 Å². The van der Waals surface area contributed by atoms with Crippen LogP contribution in [-0.2, 0) is 11.2 Å². The SMILES string of the molecule is NC1(CC(=O)N2CCc3ccccc32)CCC1. The number of para-hydroxylation sites is 1. The first-order chi connectivity index (χ1) is 8.18. The van der Waals surface area contributed by atoms with E-state index in [0.717, 1.165) is 31.5 Å². The summed E-state index contributed by atoms with van der Waals surface area (Å²) < 4.78 is 0. The number of anilines is 1. The topological polar surface area (TPSA) is 46.3 Å². The van der Waals surface area contributed by atoms with Gasteiger partial charge in [-0.3, -0.25) is 4.79 Å². The number of carbonyl (C=O) groups excluding carboxylic acids is 1. The van der Waals surface area contributed by atoms with Crippen molar-refractivity contribution in [3.8, 4) is 0 Å². The van der Waals surface area contributed by atoms with Gasteiger partial charge in [-0.15, -0.1) is 0 Å². The monoisotopic (exact) mass is 230 g/mol. The minimum Gasteiger partial charge on any atom is -0.325 e. The van der Waals surface area contributed by atoms with Gasteiger partial charge in [0.25, 0.3) is 0 Å². The molecule has 3 heteroatoms. The van der Waals surface area contributed by atoms with E-state index in [4.69, 9.17) is 5.73 Å². The molecule has 90 valence electrons. The van der Waals surface area contributed by atoms with Gasteiger partial charge in [0.05, 0.1) is 0 Å². The first-order valence-electron chi connectivity index (χ1n) is 6.35. The smallest absolute Gasteiger partial charge is 0.228 e. The molecule has 0 radical (unpaired) electrons. The standard InChI is InChI=1S/C14H18N2O/c15-14(7-3-8-14)10-13(17)16-9-6-11-4-1-2-5-12(11)16/h1-2,4-5H,3,6-10,15H2. The molecule has 1 saturated carbocycles. The molecule has 0 aromatic heterocycles. The van der Waals surface area contributed by atoms with E-state index in [-0.39, 0.29) is 11.4 Å². The van der Waals surface area contributed by atoms with Gasteiger partial charge in [-0.2, -0.15) is 0 Å². The number of rotatable bonds is 2. The van der Waals surface area contributed by atoms with Gasteiger partial charge in [0.1, 0.15) is 0 Å². The van der Waals surface area contributed by atoms with Crippen LogP contribution >= 0.6 is 0 Å². The predicted molar refractivity (Wildman–Crippen MR) is 67.9 cm³/mol. The van der Waals surface area contributed by atoms with Crippen molar-refractivity contribution >= 4 is 11.6 Å². The molecule has 0 saturated heterocycles. The Bertz CT molecular complexity index is 451. The zero-order valence-corrected chi connectivity index (χ0v) is 9.98. The highest BCUT2D eigenvalue weighted by molar-refractivity contribution is 5.96. The van der Waals surface area contributed by atoms with Crippen molar-refractivity contribution in [1.82, 2.24) is 0 Å². The van der Waals surface area contributed by atoms with Crippen molar-refractivity contribution in [2.45, 2.75) is 37.6 Å². The van der Waals surface area contributed by atoms with Crippen molar-refractivity contribution in [3.05, 3.63) is 29.8 Å². The summed E-state index contributed by atoms with van der Waals surface area (Å²) in [6.07, 6.45) is 4.63. The molecule has 0 atom stereocenters. The second-order valence-corrected chi connectivity index (χ2v) is 5.32. The Morgan fingerprint density at radius 3 is 2.82 bits per heavy atom. The maximum Gasteiger partial charge on any atom is 0.228 e. The maximum absolute atomic E-state index is 12.3. The summed E-state index contributed by atoms with van der Waals surface area (Å²) in [7, 11) is 0. The molecular formula is C14H18N2O. The number of benzene rings is 1. The van der Waals surface area contributed by atoms with Gasteiger partial charge in [-0.25, -0.2) is 0 Å². The number of hydrogen-bond donors (Lipinski definition) is 1. The maximum atomic E-state index is 12.3. The summed E-state index contributed by atoms with van der Waals surface area (Å²) in [5.41, 5.74) is 8.29. The molecule has 2 N–H and O–H groups in total. The Balaban J connectivity index is 1.75. The van der Waals surface area contributed by atoms with E-state index in [1.165, 1.54) is 12.0 Å². The van der Waals surface area contributed by atoms with Crippen LogP contribution in [0.4, 0.5) is 5.69 Å². The Hall–Kier alpha value is -1.35. The minimum absolute atomic E-state index is 0.192. The van der Waals surface area contributed by atoms with Crippen LogP contribution in [0.3, 0.4) is 0 Å². The van der Waals surface area contributed by atoms with Crippen molar-refractivity contribution < 1.29 is 4.79 Å². The average molecular weight is 230 g/mol. The molecule has 1 aromatic rings. The highest BCUT2D eigenvalue weighted by Crippen LogP contribution is 2.35. The molecule has 1 aliphatic carbocycles. The van der Waals surface area contributed by atoms with E-state index < -0.39 is 0 Å². The van der Waals surface area contributed by atoms with Crippen LogP contribution in [0.1, 0.15) is 31.2 Å². The number of carbonyl (C=O) groups is 1. The highest BCUT2D eigenvalue weighted by Gasteiger charge is 2.37. The van der Waals surface area contributed by atoms with E-state index >= 15 is 0 Å². The molecule has 3 nitrogen and oxygen atoms in total. The zero-order valence-electron chi connectivity index (χ0n) is 9.98. The van der Waals surface area contributed by atoms with E-state index in [1.807, 2.05) is 23.1 Å². The summed E-state index contributed by atoms with van der Waals surface area (Å²) in [5.74, 6) is 0.192. The lowest BCUT2D eigenvalue weighted by Crippen LogP contribution is -2.50. The summed E-state index contributed by atoms with van der Waals surface area (Å²) >= 11 is 0. The highest BCUT2D eigenvalue weighted by atomic mass is 16.2. The molecule has 3 rings (SSSR count). The number of nitrogens with two attached hydrogens (primary N) is 1. The van der Waals surface area contributed by atoms with Crippen molar-refractivity contribution in [2.75, 3.05) is 11.4 Å². The van der Waals surface area contributed by atoms with E-state index in [2.05, 4.69) is 6.07 Å². The van der Waals surface area contributed by atoms with Gasteiger partial charge in [-0.1, -0.05) is 18.2 Å². The van der Waals surface area contributed by atoms with Crippen molar-refractivity contribution in [3.63, 3.8) is 0 Å². The van der Waals surface area contributed by atoms with Crippen LogP contribution in [0, 0.1) is 0 Å². The molecule has 1 aliphatic heterocycles. The van der Waals surface area contributed by atoms with Gasteiger partial charge in [-0.05, 0) is 37.3 Å². The fraction of sp³-hybridized carbons (Fsp3) is 0.500. The van der Waals surface area contributed by atoms with Crippen LogP contribution < -0.4 is 10.6 Å². The quantitative estimate of drug-likeness (QED) is 0.842. The van der Waals surface area contributed by atoms with Gasteiger partial charge in [0.15, 0.2) is 0 Å². The van der Waals surface area contributed by atoms with Gasteiger partial charge < -0.3 is 10.6 Å². The second-order valence-electron chi connectivity index (χ2n) is 5.32. The zero-order chi connectivity index (χ0) is 11.9. The Labute approximate surface area is 102 Å². The number of amides is 1. The molecule has 0 unspecified atom stereocenters. The normalized spacial score (nSPS) is 20.9. The Morgan fingerprint density at radius 2 is 2.12 bits per heavy atom. The van der Waals surface area contributed by atoms with Crippen molar-refractivity contribution in [1.29, 1.82) is 0 Å². The van der Waals surface area contributed by atoms with Crippen LogP contribution in [-0.4, -0.2) is 18.0 Å². The molecule has 0 bridgehead atoms. The first-order valence-corrected chi connectivity index (χ1v) is 6.35. The second kappa shape index (κ2) is 3.84. The van der Waals surface area contributed by atoms with Crippen LogP contribution in [0.2, 0.25) is 0 Å². The number of nitrogens with zero attached hydrogens (tertiary/aromatic N) is 1. The third-order valence-electron chi connectivity index (χ3n) is 4.04. The third kappa shape index (κ3) is 1.84. The Morgan fingerprint density at radius 1 is 1.35 bits per heavy atom. The van der Waals surface area contributed by atoms with Crippen LogP contribution in [0.5, 0.6) is 0 Å². The lowest BCUT2D eigenvalue weighted by atomic mass is 9.75. The predicted octanol–water partition coefficient (Wildman–Crippen LogP) is 1.85. The fourth-order valence-corrected chi connectivity index (χ4v) is 2.80. The molecule has 1 heterocycles. The first kappa shape index (κ1) is 10.8. The lowest BCUT2D eigenvalue weighted by Gasteiger charge is -2.38. The molecule has 0 spiro atoms. The lowest BCUT2D eigenvalue weighted by molar-refractivity contribution is -0.120. The minimum atomic E-state index is -0.214. The number of fused-ring (bicyclic) bond motifs is 1. The van der Waals surface area contributed by atoms with E-state index in [1.54, 1.807) is 0 Å². The Kier molecular flexibility index (Phi) is 2.44. The molecule has 1 amide bonds. The van der Waals surface area contributed by atoms with Crippen LogP contribution in [0.15, 0.2) is 24.3 Å².